The molecule has 0 saturated heterocycles. The lowest BCUT2D eigenvalue weighted by Crippen LogP contribution is -1.81. The number of aryl methyl sites for hydroxylation is 1. The number of nitrogens with zero attached hydrogens (tertiary/aromatic N) is 2. The molecule has 90 valence electrons. The van der Waals surface area contributed by atoms with E-state index < -0.39 is 0 Å². The molecule has 3 aromatic rings. The molecule has 0 unspecified atom stereocenters. The van der Waals surface area contributed by atoms with E-state index in [1.165, 1.54) is 12.1 Å². The van der Waals surface area contributed by atoms with E-state index in [2.05, 4.69) is 15.0 Å². The lowest BCUT2D eigenvalue weighted by molar-refractivity contribution is 0.451. The van der Waals surface area contributed by atoms with Crippen molar-refractivity contribution >= 4 is 11.2 Å². The molecule has 2 heterocycles. The zero-order valence-electron chi connectivity index (χ0n) is 9.68. The molecule has 5 heteroatoms. The third kappa shape index (κ3) is 1.57. The summed E-state index contributed by atoms with van der Waals surface area (Å²) in [6, 6.07) is 6.28. The Hall–Kier alpha value is -2.56. The second-order valence-electron chi connectivity index (χ2n) is 4.11. The molecule has 18 heavy (non-hydrogen) atoms. The predicted molar refractivity (Wildman–Crippen MR) is 67.4 cm³/mol. The number of hydrogen-bond acceptors (Lipinski definition) is 4. The van der Waals surface area contributed by atoms with Gasteiger partial charge in [-0.2, -0.15) is 0 Å². The standard InChI is InChI=1S/C13H11N3O2/c1-7-4-5-14-13-11(7)15-12(16-13)9-3-2-8(17)6-10(9)18/h2-6,17-18H,1H3,(H,14,15,16). The monoisotopic (exact) mass is 241 g/mol. The number of aromatic hydroxyl groups is 2. The van der Waals surface area contributed by atoms with E-state index in [0.717, 1.165) is 11.1 Å². The fourth-order valence-corrected chi connectivity index (χ4v) is 1.88. The zero-order valence-corrected chi connectivity index (χ0v) is 9.68. The van der Waals surface area contributed by atoms with Crippen LogP contribution in [0.4, 0.5) is 0 Å². The molecule has 2 aromatic heterocycles. The van der Waals surface area contributed by atoms with E-state index in [9.17, 15) is 10.2 Å². The Balaban J connectivity index is 2.23. The van der Waals surface area contributed by atoms with Gasteiger partial charge in [-0.15, -0.1) is 0 Å². The normalized spacial score (nSPS) is 10.9. The highest BCUT2D eigenvalue weighted by Gasteiger charge is 2.11. The van der Waals surface area contributed by atoms with Gasteiger partial charge in [0.2, 0.25) is 0 Å². The van der Waals surface area contributed by atoms with Crippen molar-refractivity contribution in [2.24, 2.45) is 0 Å². The van der Waals surface area contributed by atoms with Crippen LogP contribution in [0.3, 0.4) is 0 Å². The third-order valence-electron chi connectivity index (χ3n) is 2.84. The summed E-state index contributed by atoms with van der Waals surface area (Å²) in [5.74, 6) is 0.526. The molecule has 3 rings (SSSR count). The lowest BCUT2D eigenvalue weighted by Gasteiger charge is -2.01. The van der Waals surface area contributed by atoms with Crippen LogP contribution in [0.25, 0.3) is 22.6 Å². The van der Waals surface area contributed by atoms with Crippen LogP contribution in [0.15, 0.2) is 30.5 Å². The summed E-state index contributed by atoms with van der Waals surface area (Å²) in [5, 5.41) is 19.1. The Morgan fingerprint density at radius 1 is 1.17 bits per heavy atom. The Morgan fingerprint density at radius 2 is 2.00 bits per heavy atom. The minimum absolute atomic E-state index is 0.0154. The first-order valence-electron chi connectivity index (χ1n) is 5.49. The highest BCUT2D eigenvalue weighted by atomic mass is 16.3. The van der Waals surface area contributed by atoms with Crippen molar-refractivity contribution in [1.29, 1.82) is 0 Å². The summed E-state index contributed by atoms with van der Waals surface area (Å²) >= 11 is 0. The number of phenolic OH excluding ortho intramolecular Hbond substituents is 2. The Labute approximate surface area is 103 Å². The van der Waals surface area contributed by atoms with E-state index in [4.69, 9.17) is 0 Å². The van der Waals surface area contributed by atoms with Gasteiger partial charge in [-0.1, -0.05) is 0 Å². The first kappa shape index (κ1) is 10.6. The number of imidazole rings is 1. The summed E-state index contributed by atoms with van der Waals surface area (Å²) in [7, 11) is 0. The number of pyridine rings is 1. The molecule has 0 amide bonds. The highest BCUT2D eigenvalue weighted by molar-refractivity contribution is 5.80. The van der Waals surface area contributed by atoms with E-state index in [0.29, 0.717) is 17.0 Å². The van der Waals surface area contributed by atoms with E-state index in [-0.39, 0.29) is 11.5 Å². The average molecular weight is 241 g/mol. The van der Waals surface area contributed by atoms with Crippen molar-refractivity contribution in [3.05, 3.63) is 36.0 Å². The van der Waals surface area contributed by atoms with Crippen molar-refractivity contribution in [2.45, 2.75) is 6.92 Å². The maximum Gasteiger partial charge on any atom is 0.178 e. The molecular weight excluding hydrogens is 230 g/mol. The second kappa shape index (κ2) is 3.73. The summed E-state index contributed by atoms with van der Waals surface area (Å²) in [6.45, 7) is 1.96. The topological polar surface area (TPSA) is 82.0 Å². The molecular formula is C13H11N3O2. The van der Waals surface area contributed by atoms with E-state index in [1.807, 2.05) is 13.0 Å². The second-order valence-corrected chi connectivity index (χ2v) is 4.11. The number of benzene rings is 1. The molecule has 0 radical (unpaired) electrons. The minimum Gasteiger partial charge on any atom is -0.508 e. The quantitative estimate of drug-likeness (QED) is 0.610. The van der Waals surface area contributed by atoms with Crippen LogP contribution in [-0.2, 0) is 0 Å². The molecule has 1 aromatic carbocycles. The van der Waals surface area contributed by atoms with Crippen molar-refractivity contribution in [2.75, 3.05) is 0 Å². The maximum absolute atomic E-state index is 9.80. The average Bonchev–Trinajstić information content (AvgIpc) is 2.74. The smallest absolute Gasteiger partial charge is 0.178 e. The lowest BCUT2D eigenvalue weighted by atomic mass is 10.2. The number of aromatic amines is 1. The van der Waals surface area contributed by atoms with Crippen LogP contribution in [-0.4, -0.2) is 25.2 Å². The number of rotatable bonds is 1. The summed E-state index contributed by atoms with van der Waals surface area (Å²) in [6.07, 6.45) is 1.69. The maximum atomic E-state index is 9.80. The summed E-state index contributed by atoms with van der Waals surface area (Å²) in [4.78, 5) is 11.6. The summed E-state index contributed by atoms with van der Waals surface area (Å²) < 4.78 is 0. The van der Waals surface area contributed by atoms with Gasteiger partial charge < -0.3 is 15.2 Å². The number of H-pyrrole nitrogens is 1. The molecule has 0 fully saturated rings. The minimum atomic E-state index is -0.0216. The van der Waals surface area contributed by atoms with Gasteiger partial charge in [-0.3, -0.25) is 0 Å². The SMILES string of the molecule is Cc1ccnc2nc(-c3ccc(O)cc3O)[nH]c12. The van der Waals surface area contributed by atoms with Gasteiger partial charge in [0.25, 0.3) is 0 Å². The van der Waals surface area contributed by atoms with Crippen LogP contribution < -0.4 is 0 Å². The van der Waals surface area contributed by atoms with Gasteiger partial charge in [0.1, 0.15) is 17.3 Å². The highest BCUT2D eigenvalue weighted by Crippen LogP contribution is 2.31. The first-order chi connectivity index (χ1) is 8.65. The van der Waals surface area contributed by atoms with Crippen LogP contribution in [0.1, 0.15) is 5.56 Å². The fourth-order valence-electron chi connectivity index (χ4n) is 1.88. The number of phenols is 2. The van der Waals surface area contributed by atoms with Gasteiger partial charge in [0.05, 0.1) is 11.1 Å². The largest absolute Gasteiger partial charge is 0.508 e. The van der Waals surface area contributed by atoms with Crippen molar-refractivity contribution in [1.82, 2.24) is 15.0 Å². The van der Waals surface area contributed by atoms with Gasteiger partial charge in [0, 0.05) is 12.3 Å². The van der Waals surface area contributed by atoms with Crippen LogP contribution in [0.5, 0.6) is 11.5 Å². The summed E-state index contributed by atoms with van der Waals surface area (Å²) in [5.41, 5.74) is 3.03. The van der Waals surface area contributed by atoms with Crippen LogP contribution in [0.2, 0.25) is 0 Å². The van der Waals surface area contributed by atoms with Crippen molar-refractivity contribution < 1.29 is 10.2 Å². The Morgan fingerprint density at radius 3 is 2.72 bits per heavy atom. The molecule has 0 atom stereocenters. The Bertz CT molecular complexity index is 734. The van der Waals surface area contributed by atoms with Crippen molar-refractivity contribution in [3.8, 4) is 22.9 Å². The molecule has 3 N–H and O–H groups in total. The molecule has 0 saturated carbocycles. The first-order valence-corrected chi connectivity index (χ1v) is 5.49. The zero-order chi connectivity index (χ0) is 12.7. The number of nitrogens with one attached hydrogen (secondary N) is 1. The van der Waals surface area contributed by atoms with Crippen LogP contribution in [0, 0.1) is 6.92 Å². The molecule has 0 aliphatic rings. The number of hydrogen-bond donors (Lipinski definition) is 3. The van der Waals surface area contributed by atoms with Gasteiger partial charge >= 0.3 is 0 Å². The predicted octanol–water partition coefficient (Wildman–Crippen LogP) is 2.34. The van der Waals surface area contributed by atoms with E-state index in [1.54, 1.807) is 12.3 Å². The molecule has 5 nitrogen and oxygen atoms in total. The number of aromatic nitrogens is 3. The Kier molecular flexibility index (Phi) is 2.19. The molecule has 0 aliphatic carbocycles. The van der Waals surface area contributed by atoms with Gasteiger partial charge in [0.15, 0.2) is 5.65 Å². The fraction of sp³-hybridized carbons (Fsp3) is 0.0769. The van der Waals surface area contributed by atoms with E-state index >= 15 is 0 Å². The van der Waals surface area contributed by atoms with Crippen molar-refractivity contribution in [3.63, 3.8) is 0 Å². The third-order valence-corrected chi connectivity index (χ3v) is 2.84. The number of fused-ring (bicyclic) bond motifs is 1. The molecule has 0 aliphatic heterocycles. The van der Waals surface area contributed by atoms with Gasteiger partial charge in [-0.25, -0.2) is 9.97 Å². The molecule has 0 spiro atoms. The van der Waals surface area contributed by atoms with Crippen LogP contribution >= 0.6 is 0 Å². The molecule has 0 bridgehead atoms. The van der Waals surface area contributed by atoms with Gasteiger partial charge in [-0.05, 0) is 30.7 Å².